The topological polar surface area (TPSA) is 99.1 Å². The van der Waals surface area contributed by atoms with Gasteiger partial charge in [-0.15, -0.1) is 0 Å². The third-order valence-electron chi connectivity index (χ3n) is 2.23. The van der Waals surface area contributed by atoms with Crippen molar-refractivity contribution < 1.29 is 15.0 Å². The van der Waals surface area contributed by atoms with Gasteiger partial charge in [0.15, 0.2) is 5.52 Å². The number of halogens is 1. The second-order valence-electron chi connectivity index (χ2n) is 3.27. The van der Waals surface area contributed by atoms with Crippen LogP contribution in [0.1, 0.15) is 12.0 Å². The van der Waals surface area contributed by atoms with E-state index in [9.17, 15) is 9.90 Å². The number of phenolic OH excluding ortho intramolecular Hbond substituents is 1. The number of phenols is 1. The van der Waals surface area contributed by atoms with Crippen molar-refractivity contribution in [3.8, 4) is 5.75 Å². The summed E-state index contributed by atoms with van der Waals surface area (Å²) in [6.45, 7) is 0. The minimum atomic E-state index is -0.911. The third-order valence-corrected chi connectivity index (χ3v) is 2.93. The van der Waals surface area contributed by atoms with Crippen molar-refractivity contribution in [1.29, 1.82) is 0 Å². The highest BCUT2D eigenvalue weighted by Crippen LogP contribution is 2.33. The maximum atomic E-state index is 10.5. The van der Waals surface area contributed by atoms with E-state index in [0.29, 0.717) is 21.1 Å². The number of rotatable bonds is 3. The van der Waals surface area contributed by atoms with Gasteiger partial charge in [-0.3, -0.25) is 4.79 Å². The Morgan fingerprint density at radius 2 is 2.25 bits per heavy atom. The summed E-state index contributed by atoms with van der Waals surface area (Å²) in [5.74, 6) is -0.939. The highest BCUT2D eigenvalue weighted by molar-refractivity contribution is 9.10. The Morgan fingerprint density at radius 3 is 2.94 bits per heavy atom. The van der Waals surface area contributed by atoms with Crippen molar-refractivity contribution in [3.63, 3.8) is 0 Å². The molecule has 0 saturated heterocycles. The van der Waals surface area contributed by atoms with Crippen molar-refractivity contribution in [3.05, 3.63) is 16.1 Å². The Bertz CT molecular complexity index is 552. The van der Waals surface area contributed by atoms with E-state index >= 15 is 0 Å². The zero-order valence-electron chi connectivity index (χ0n) is 8.07. The first-order valence-corrected chi connectivity index (χ1v) is 5.31. The largest absolute Gasteiger partial charge is 0.505 e. The zero-order chi connectivity index (χ0) is 11.7. The molecule has 0 aliphatic heterocycles. The zero-order valence-corrected chi connectivity index (χ0v) is 9.65. The lowest BCUT2D eigenvalue weighted by Gasteiger charge is -2.05. The lowest BCUT2D eigenvalue weighted by Crippen LogP contribution is -1.98. The molecule has 0 atom stereocenters. The fourth-order valence-corrected chi connectivity index (χ4v) is 2.05. The molecule has 2 aromatic rings. The first-order chi connectivity index (χ1) is 7.59. The van der Waals surface area contributed by atoms with Crippen LogP contribution in [0.2, 0.25) is 0 Å². The van der Waals surface area contributed by atoms with Crippen molar-refractivity contribution in [1.82, 2.24) is 15.4 Å². The second-order valence-corrected chi connectivity index (χ2v) is 4.12. The summed E-state index contributed by atoms with van der Waals surface area (Å²) >= 11 is 3.27. The van der Waals surface area contributed by atoms with E-state index in [0.717, 1.165) is 0 Å². The van der Waals surface area contributed by atoms with Gasteiger partial charge in [-0.1, -0.05) is 15.9 Å². The number of aromatic nitrogens is 3. The van der Waals surface area contributed by atoms with E-state index in [1.165, 1.54) is 0 Å². The molecule has 0 amide bonds. The van der Waals surface area contributed by atoms with E-state index in [-0.39, 0.29) is 18.6 Å². The lowest BCUT2D eigenvalue weighted by atomic mass is 10.1. The molecule has 0 unspecified atom stereocenters. The van der Waals surface area contributed by atoms with Crippen LogP contribution in [0.3, 0.4) is 0 Å². The average Bonchev–Trinajstić information content (AvgIpc) is 2.64. The second kappa shape index (κ2) is 4.09. The Kier molecular flexibility index (Phi) is 2.78. The Morgan fingerprint density at radius 1 is 1.50 bits per heavy atom. The van der Waals surface area contributed by atoms with Crippen LogP contribution in [0.4, 0.5) is 0 Å². The minimum Gasteiger partial charge on any atom is -0.505 e. The average molecular weight is 286 g/mol. The monoisotopic (exact) mass is 285 g/mol. The molecule has 84 valence electrons. The molecule has 7 heteroatoms. The lowest BCUT2D eigenvalue weighted by molar-refractivity contribution is -0.136. The van der Waals surface area contributed by atoms with Gasteiger partial charge in [0.1, 0.15) is 11.3 Å². The van der Waals surface area contributed by atoms with E-state index in [4.69, 9.17) is 5.11 Å². The molecule has 0 aliphatic carbocycles. The van der Waals surface area contributed by atoms with Gasteiger partial charge >= 0.3 is 5.97 Å². The van der Waals surface area contributed by atoms with Gasteiger partial charge in [0, 0.05) is 16.5 Å². The van der Waals surface area contributed by atoms with E-state index in [1.54, 1.807) is 6.07 Å². The van der Waals surface area contributed by atoms with Gasteiger partial charge in [-0.2, -0.15) is 15.4 Å². The molecule has 0 fully saturated rings. The van der Waals surface area contributed by atoms with Crippen molar-refractivity contribution in [2.75, 3.05) is 0 Å². The fourth-order valence-electron chi connectivity index (χ4n) is 1.45. The van der Waals surface area contributed by atoms with Crippen LogP contribution in [-0.2, 0) is 11.2 Å². The molecule has 0 radical (unpaired) electrons. The number of H-pyrrole nitrogens is 1. The number of carboxylic acid groups (broad SMARTS) is 1. The molecule has 16 heavy (non-hydrogen) atoms. The first-order valence-electron chi connectivity index (χ1n) is 4.52. The molecule has 1 heterocycles. The molecule has 0 saturated carbocycles. The van der Waals surface area contributed by atoms with Gasteiger partial charge in [0.2, 0.25) is 0 Å². The Labute approximate surface area is 98.4 Å². The minimum absolute atomic E-state index is 0.0284. The number of fused-ring (bicyclic) bond motifs is 1. The fraction of sp³-hybridized carbons (Fsp3) is 0.222. The van der Waals surface area contributed by atoms with E-state index in [1.807, 2.05) is 0 Å². The van der Waals surface area contributed by atoms with Gasteiger partial charge < -0.3 is 10.2 Å². The first kappa shape index (κ1) is 10.9. The summed E-state index contributed by atoms with van der Waals surface area (Å²) < 4.78 is 0.632. The van der Waals surface area contributed by atoms with Crippen LogP contribution >= 0.6 is 15.9 Å². The highest BCUT2D eigenvalue weighted by atomic mass is 79.9. The smallest absolute Gasteiger partial charge is 0.303 e. The molecule has 0 spiro atoms. The number of carbonyl (C=O) groups is 1. The molecule has 6 nitrogen and oxygen atoms in total. The maximum Gasteiger partial charge on any atom is 0.303 e. The molecule has 1 aromatic carbocycles. The van der Waals surface area contributed by atoms with Gasteiger partial charge in [-0.05, 0) is 12.5 Å². The third kappa shape index (κ3) is 1.85. The Hall–Kier alpha value is -1.63. The van der Waals surface area contributed by atoms with Crippen LogP contribution in [0.25, 0.3) is 11.0 Å². The summed E-state index contributed by atoms with van der Waals surface area (Å²) in [5.41, 5.74) is 1.41. The number of aromatic hydroxyl groups is 1. The van der Waals surface area contributed by atoms with Crippen LogP contribution in [0.5, 0.6) is 5.75 Å². The predicted molar refractivity (Wildman–Crippen MR) is 59.2 cm³/mol. The maximum absolute atomic E-state index is 10.5. The summed E-state index contributed by atoms with van der Waals surface area (Å²) in [6, 6.07) is 1.69. The molecule has 3 N–H and O–H groups in total. The van der Waals surface area contributed by atoms with Crippen molar-refractivity contribution in [2.24, 2.45) is 0 Å². The molecular formula is C9H8BrN3O3. The van der Waals surface area contributed by atoms with Gasteiger partial charge in [0.05, 0.1) is 0 Å². The van der Waals surface area contributed by atoms with Crippen LogP contribution in [0.15, 0.2) is 10.5 Å². The normalized spacial score (nSPS) is 10.8. The number of aromatic amines is 1. The summed E-state index contributed by atoms with van der Waals surface area (Å²) in [5, 5.41) is 28.5. The number of nitrogens with one attached hydrogen (secondary N) is 1. The van der Waals surface area contributed by atoms with E-state index in [2.05, 4.69) is 31.3 Å². The number of hydrogen-bond donors (Lipinski definition) is 3. The van der Waals surface area contributed by atoms with Gasteiger partial charge in [0.25, 0.3) is 0 Å². The van der Waals surface area contributed by atoms with Crippen LogP contribution < -0.4 is 0 Å². The number of carboxylic acids is 1. The molecule has 0 bridgehead atoms. The predicted octanol–water partition coefficient (Wildman–Crippen LogP) is 1.44. The van der Waals surface area contributed by atoms with Gasteiger partial charge in [-0.25, -0.2) is 0 Å². The molecule has 2 rings (SSSR count). The molecule has 1 aromatic heterocycles. The van der Waals surface area contributed by atoms with Crippen molar-refractivity contribution in [2.45, 2.75) is 12.8 Å². The number of aliphatic carboxylic acids is 1. The Balaban J connectivity index is 2.46. The molecule has 0 aliphatic rings. The SMILES string of the molecule is O=C(O)CCc1c(Br)cc2n[nH]nc2c1O. The van der Waals surface area contributed by atoms with Crippen molar-refractivity contribution >= 4 is 32.9 Å². The number of hydrogen-bond acceptors (Lipinski definition) is 4. The summed E-state index contributed by atoms with van der Waals surface area (Å²) in [6.07, 6.45) is 0.195. The standard InChI is InChI=1S/C9H8BrN3O3/c10-5-3-6-8(12-13-11-6)9(16)4(5)1-2-7(14)15/h3,16H,1-2H2,(H,14,15)(H,11,12,13). The van der Waals surface area contributed by atoms with E-state index < -0.39 is 5.97 Å². The summed E-state index contributed by atoms with van der Waals surface area (Å²) in [4.78, 5) is 10.5. The highest BCUT2D eigenvalue weighted by Gasteiger charge is 2.14. The number of benzene rings is 1. The summed E-state index contributed by atoms with van der Waals surface area (Å²) in [7, 11) is 0. The number of nitrogens with zero attached hydrogens (tertiary/aromatic N) is 2. The van der Waals surface area contributed by atoms with Crippen LogP contribution in [-0.4, -0.2) is 31.6 Å². The van der Waals surface area contributed by atoms with Crippen LogP contribution in [0, 0.1) is 0 Å². The molecular weight excluding hydrogens is 278 g/mol. The quantitative estimate of drug-likeness (QED) is 0.793.